The monoisotopic (exact) mass is 247 g/mol. The molecule has 0 aromatic carbocycles. The van der Waals surface area contributed by atoms with E-state index in [-0.39, 0.29) is 23.4 Å². The summed E-state index contributed by atoms with van der Waals surface area (Å²) in [6, 6.07) is 0. The van der Waals surface area contributed by atoms with E-state index in [2.05, 4.69) is 10.1 Å². The van der Waals surface area contributed by atoms with Crippen molar-refractivity contribution < 1.29 is 12.9 Å². The number of hydrogen-bond acceptors (Lipinski definition) is 6. The Balaban J connectivity index is 2.86. The Morgan fingerprint density at radius 3 is 2.50 bits per heavy atom. The lowest BCUT2D eigenvalue weighted by atomic mass is 9.96. The highest BCUT2D eigenvalue weighted by molar-refractivity contribution is 7.89. The molecule has 7 heteroatoms. The van der Waals surface area contributed by atoms with Crippen molar-refractivity contribution in [3.63, 3.8) is 0 Å². The van der Waals surface area contributed by atoms with E-state index in [1.165, 1.54) is 0 Å². The van der Waals surface area contributed by atoms with Crippen molar-refractivity contribution in [2.75, 3.05) is 12.8 Å². The average molecular weight is 247 g/mol. The zero-order valence-electron chi connectivity index (χ0n) is 9.67. The highest BCUT2D eigenvalue weighted by Gasteiger charge is 2.21. The molecule has 0 aliphatic rings. The molecule has 2 N–H and O–H groups in total. The predicted octanol–water partition coefficient (Wildman–Crippen LogP) is 0.313. The largest absolute Gasteiger partial charge is 0.339 e. The fraction of sp³-hybridized carbons (Fsp3) is 0.778. The third kappa shape index (κ3) is 3.57. The highest BCUT2D eigenvalue weighted by Crippen LogP contribution is 2.21. The van der Waals surface area contributed by atoms with Crippen LogP contribution in [0.2, 0.25) is 0 Å². The maximum Gasteiger partial charge on any atom is 0.231 e. The van der Waals surface area contributed by atoms with E-state index in [0.29, 0.717) is 12.4 Å². The summed E-state index contributed by atoms with van der Waals surface area (Å²) in [6.45, 7) is 4.40. The fourth-order valence-corrected chi connectivity index (χ4v) is 1.96. The Hall–Kier alpha value is -0.950. The lowest BCUT2D eigenvalue weighted by molar-refractivity contribution is 0.322. The Bertz CT molecular complexity index is 439. The van der Waals surface area contributed by atoms with Gasteiger partial charge in [0.25, 0.3) is 0 Å². The van der Waals surface area contributed by atoms with Gasteiger partial charge in [0.15, 0.2) is 15.7 Å². The van der Waals surface area contributed by atoms with Crippen LogP contribution >= 0.6 is 0 Å². The molecule has 0 radical (unpaired) electrons. The molecular formula is C9H17N3O3S. The van der Waals surface area contributed by atoms with E-state index < -0.39 is 9.84 Å². The van der Waals surface area contributed by atoms with Crippen LogP contribution in [0.4, 0.5) is 0 Å². The first-order valence-electron chi connectivity index (χ1n) is 5.03. The van der Waals surface area contributed by atoms with Crippen LogP contribution in [-0.4, -0.2) is 31.4 Å². The Labute approximate surface area is 95.1 Å². The van der Waals surface area contributed by atoms with Crippen molar-refractivity contribution in [2.24, 2.45) is 11.7 Å². The summed E-state index contributed by atoms with van der Waals surface area (Å²) >= 11 is 0. The van der Waals surface area contributed by atoms with Gasteiger partial charge in [0, 0.05) is 12.8 Å². The molecule has 0 saturated carbocycles. The summed E-state index contributed by atoms with van der Waals surface area (Å²) in [7, 11) is -3.13. The highest BCUT2D eigenvalue weighted by atomic mass is 32.2. The van der Waals surface area contributed by atoms with Crippen LogP contribution in [-0.2, 0) is 15.6 Å². The molecule has 1 aromatic rings. The lowest BCUT2D eigenvalue weighted by Crippen LogP contribution is -2.18. The first-order valence-corrected chi connectivity index (χ1v) is 7.10. The second kappa shape index (κ2) is 4.92. The van der Waals surface area contributed by atoms with Gasteiger partial charge in [-0.3, -0.25) is 0 Å². The lowest BCUT2D eigenvalue weighted by Gasteiger charge is -2.13. The summed E-state index contributed by atoms with van der Waals surface area (Å²) in [4.78, 5) is 4.05. The van der Waals surface area contributed by atoms with E-state index in [9.17, 15) is 8.42 Å². The Morgan fingerprint density at radius 1 is 1.44 bits per heavy atom. The SMILES string of the molecule is CC(C)C(CN)c1nc(CS(C)(=O)=O)no1. The van der Waals surface area contributed by atoms with Gasteiger partial charge in [-0.15, -0.1) is 0 Å². The van der Waals surface area contributed by atoms with E-state index in [0.717, 1.165) is 6.26 Å². The van der Waals surface area contributed by atoms with Gasteiger partial charge in [0.2, 0.25) is 5.89 Å². The number of sulfone groups is 1. The van der Waals surface area contributed by atoms with Crippen molar-refractivity contribution >= 4 is 9.84 Å². The van der Waals surface area contributed by atoms with Crippen molar-refractivity contribution in [2.45, 2.75) is 25.5 Å². The van der Waals surface area contributed by atoms with Gasteiger partial charge in [-0.1, -0.05) is 19.0 Å². The third-order valence-corrected chi connectivity index (χ3v) is 3.03. The van der Waals surface area contributed by atoms with Crippen LogP contribution in [0.25, 0.3) is 0 Å². The maximum absolute atomic E-state index is 11.0. The molecule has 0 bridgehead atoms. The summed E-state index contributed by atoms with van der Waals surface area (Å²) in [6.07, 6.45) is 1.13. The molecule has 1 atom stereocenters. The zero-order chi connectivity index (χ0) is 12.3. The summed E-state index contributed by atoms with van der Waals surface area (Å²) < 4.78 is 27.1. The minimum Gasteiger partial charge on any atom is -0.339 e. The van der Waals surface area contributed by atoms with Crippen molar-refractivity contribution in [1.82, 2.24) is 10.1 Å². The normalized spacial score (nSPS) is 14.3. The number of hydrogen-bond donors (Lipinski definition) is 1. The van der Waals surface area contributed by atoms with E-state index in [1.807, 2.05) is 13.8 Å². The smallest absolute Gasteiger partial charge is 0.231 e. The molecular weight excluding hydrogens is 230 g/mol. The van der Waals surface area contributed by atoms with E-state index in [4.69, 9.17) is 10.3 Å². The quantitative estimate of drug-likeness (QED) is 0.804. The molecule has 0 amide bonds. The van der Waals surface area contributed by atoms with Crippen LogP contribution in [0.5, 0.6) is 0 Å². The molecule has 0 aliphatic heterocycles. The van der Waals surface area contributed by atoms with Gasteiger partial charge in [-0.2, -0.15) is 4.98 Å². The van der Waals surface area contributed by atoms with Gasteiger partial charge < -0.3 is 10.3 Å². The summed E-state index contributed by atoms with van der Waals surface area (Å²) in [5.41, 5.74) is 5.60. The van der Waals surface area contributed by atoms with Gasteiger partial charge in [-0.05, 0) is 5.92 Å². The van der Waals surface area contributed by atoms with Gasteiger partial charge >= 0.3 is 0 Å². The molecule has 1 aromatic heterocycles. The zero-order valence-corrected chi connectivity index (χ0v) is 10.5. The number of nitrogens with zero attached hydrogens (tertiary/aromatic N) is 2. The molecule has 0 saturated heterocycles. The topological polar surface area (TPSA) is 99.1 Å². The van der Waals surface area contributed by atoms with Crippen LogP contribution in [0, 0.1) is 5.92 Å². The molecule has 0 aliphatic carbocycles. The van der Waals surface area contributed by atoms with Crippen LogP contribution in [0.15, 0.2) is 4.52 Å². The number of aromatic nitrogens is 2. The second-order valence-corrected chi connectivity index (χ2v) is 6.35. The van der Waals surface area contributed by atoms with Crippen molar-refractivity contribution in [3.8, 4) is 0 Å². The standard InChI is InChI=1S/C9H17N3O3S/c1-6(2)7(4-10)9-11-8(12-15-9)5-16(3,13)14/h6-7H,4-5,10H2,1-3H3. The van der Waals surface area contributed by atoms with E-state index in [1.54, 1.807) is 0 Å². The van der Waals surface area contributed by atoms with Crippen LogP contribution < -0.4 is 5.73 Å². The Kier molecular flexibility index (Phi) is 4.03. The molecule has 1 heterocycles. The maximum atomic E-state index is 11.0. The van der Waals surface area contributed by atoms with Gasteiger partial charge in [0.1, 0.15) is 5.75 Å². The fourth-order valence-electron chi connectivity index (χ4n) is 1.37. The molecule has 1 rings (SSSR count). The summed E-state index contributed by atoms with van der Waals surface area (Å²) in [5, 5.41) is 3.63. The predicted molar refractivity (Wildman–Crippen MR) is 59.5 cm³/mol. The number of rotatable bonds is 5. The number of nitrogens with two attached hydrogens (primary N) is 1. The first kappa shape index (κ1) is 13.1. The van der Waals surface area contributed by atoms with Crippen molar-refractivity contribution in [1.29, 1.82) is 0 Å². The minimum absolute atomic E-state index is 0.0270. The molecule has 16 heavy (non-hydrogen) atoms. The molecule has 0 spiro atoms. The summed E-state index contributed by atoms with van der Waals surface area (Å²) in [5.74, 6) is 0.649. The average Bonchev–Trinajstić information content (AvgIpc) is 2.50. The second-order valence-electron chi connectivity index (χ2n) is 4.21. The van der Waals surface area contributed by atoms with Crippen LogP contribution in [0.1, 0.15) is 31.5 Å². The first-order chi connectivity index (χ1) is 7.33. The molecule has 6 nitrogen and oxygen atoms in total. The van der Waals surface area contributed by atoms with Crippen molar-refractivity contribution in [3.05, 3.63) is 11.7 Å². The van der Waals surface area contributed by atoms with E-state index >= 15 is 0 Å². The molecule has 0 fully saturated rings. The minimum atomic E-state index is -3.13. The molecule has 1 unspecified atom stereocenters. The molecule has 92 valence electrons. The van der Waals surface area contributed by atoms with Gasteiger partial charge in [0.05, 0.1) is 5.92 Å². The van der Waals surface area contributed by atoms with Crippen LogP contribution in [0.3, 0.4) is 0 Å². The Morgan fingerprint density at radius 2 is 2.06 bits per heavy atom. The van der Waals surface area contributed by atoms with Gasteiger partial charge in [-0.25, -0.2) is 8.42 Å². The third-order valence-electron chi connectivity index (χ3n) is 2.25.